The molecule has 0 radical (unpaired) electrons. The molecule has 0 amide bonds. The Morgan fingerprint density at radius 3 is 2.27 bits per heavy atom. The summed E-state index contributed by atoms with van der Waals surface area (Å²) in [5.74, 6) is -1.94. The van der Waals surface area contributed by atoms with Gasteiger partial charge in [0, 0.05) is 16.6 Å². The Kier molecular flexibility index (Phi) is 4.93. The maximum atomic E-state index is 11.4. The molecule has 4 rings (SSSR count). The van der Waals surface area contributed by atoms with Gasteiger partial charge in [-0.25, -0.2) is 19.6 Å². The van der Waals surface area contributed by atoms with Crippen LogP contribution in [0.15, 0.2) is 48.1 Å². The van der Waals surface area contributed by atoms with Crippen LogP contribution in [0, 0.1) is 13.8 Å². The van der Waals surface area contributed by atoms with Crippen LogP contribution in [0.3, 0.4) is 0 Å². The van der Waals surface area contributed by atoms with Crippen molar-refractivity contribution in [2.45, 2.75) is 13.8 Å². The van der Waals surface area contributed by atoms with Crippen molar-refractivity contribution < 1.29 is 19.8 Å². The van der Waals surface area contributed by atoms with Crippen LogP contribution in [0.4, 0.5) is 11.5 Å². The number of benzene rings is 2. The number of carboxylic acid groups (broad SMARTS) is 2. The average molecular weight is 419 g/mol. The van der Waals surface area contributed by atoms with E-state index < -0.39 is 11.9 Å². The summed E-state index contributed by atoms with van der Waals surface area (Å²) in [5, 5.41) is 24.5. The van der Waals surface area contributed by atoms with Gasteiger partial charge < -0.3 is 15.5 Å². The van der Waals surface area contributed by atoms with E-state index in [0.717, 1.165) is 27.4 Å². The zero-order chi connectivity index (χ0) is 21.4. The van der Waals surface area contributed by atoms with Gasteiger partial charge in [-0.15, -0.1) is 11.3 Å². The lowest BCUT2D eigenvalue weighted by molar-refractivity contribution is 0.0696. The van der Waals surface area contributed by atoms with Crippen molar-refractivity contribution in [3.8, 4) is 11.1 Å². The number of rotatable bonds is 5. The summed E-state index contributed by atoms with van der Waals surface area (Å²) in [6, 6.07) is 10.1. The lowest BCUT2D eigenvalue weighted by atomic mass is 10.0. The molecule has 3 N–H and O–H groups in total. The van der Waals surface area contributed by atoms with E-state index in [1.54, 1.807) is 0 Å². The van der Waals surface area contributed by atoms with Gasteiger partial charge >= 0.3 is 11.9 Å². The predicted octanol–water partition coefficient (Wildman–Crippen LogP) is 5.12. The number of hydrogen-bond acceptors (Lipinski definition) is 6. The standard InChI is InChI=1S/C22H17N3O4S/c1-11-3-4-13(5-12(11)2)17-9-30-20-18(17)19(23-10-24-20)25-16-7-14(21(26)27)6-15(8-16)22(28)29/h3-10H,1-2H3,(H,26,27)(H,28,29)(H,23,24,25). The number of carbonyl (C=O) groups is 2. The fourth-order valence-corrected chi connectivity index (χ4v) is 4.09. The summed E-state index contributed by atoms with van der Waals surface area (Å²) in [7, 11) is 0. The minimum Gasteiger partial charge on any atom is -0.478 e. The van der Waals surface area contributed by atoms with Gasteiger partial charge in [0.2, 0.25) is 0 Å². The van der Waals surface area contributed by atoms with E-state index in [-0.39, 0.29) is 11.1 Å². The molecule has 0 spiro atoms. The molecule has 0 aliphatic heterocycles. The third-order valence-corrected chi connectivity index (χ3v) is 5.76. The number of nitrogens with zero attached hydrogens (tertiary/aromatic N) is 2. The monoisotopic (exact) mass is 419 g/mol. The van der Waals surface area contributed by atoms with Crippen molar-refractivity contribution in [2.75, 3.05) is 5.32 Å². The number of aromatic nitrogens is 2. The summed E-state index contributed by atoms with van der Waals surface area (Å²) in [6.45, 7) is 4.10. The first-order valence-corrected chi connectivity index (χ1v) is 9.90. The number of nitrogens with one attached hydrogen (secondary N) is 1. The van der Waals surface area contributed by atoms with Crippen molar-refractivity contribution >= 4 is 45.0 Å². The second kappa shape index (κ2) is 7.57. The summed E-state index contributed by atoms with van der Waals surface area (Å²) in [6.07, 6.45) is 1.42. The largest absolute Gasteiger partial charge is 0.478 e. The first-order valence-electron chi connectivity index (χ1n) is 9.02. The van der Waals surface area contributed by atoms with Gasteiger partial charge in [-0.3, -0.25) is 0 Å². The number of fused-ring (bicyclic) bond motifs is 1. The summed E-state index contributed by atoms with van der Waals surface area (Å²) in [5.41, 5.74) is 4.41. The van der Waals surface area contributed by atoms with Crippen LogP contribution in [-0.4, -0.2) is 32.1 Å². The second-order valence-electron chi connectivity index (χ2n) is 6.89. The minimum absolute atomic E-state index is 0.123. The Balaban J connectivity index is 1.84. The molecule has 2 aromatic heterocycles. The molecule has 2 heterocycles. The van der Waals surface area contributed by atoms with Crippen molar-refractivity contribution in [3.63, 3.8) is 0 Å². The van der Waals surface area contributed by atoms with Crippen LogP contribution in [0.5, 0.6) is 0 Å². The lowest BCUT2D eigenvalue weighted by Gasteiger charge is -2.11. The van der Waals surface area contributed by atoms with Crippen LogP contribution >= 0.6 is 11.3 Å². The van der Waals surface area contributed by atoms with Crippen LogP contribution in [0.25, 0.3) is 21.3 Å². The van der Waals surface area contributed by atoms with Crippen molar-refractivity contribution in [3.05, 3.63) is 70.4 Å². The second-order valence-corrected chi connectivity index (χ2v) is 7.74. The molecule has 2 aromatic carbocycles. The molecule has 7 nitrogen and oxygen atoms in total. The van der Waals surface area contributed by atoms with E-state index in [2.05, 4.69) is 34.3 Å². The Morgan fingerprint density at radius 2 is 1.63 bits per heavy atom. The third-order valence-electron chi connectivity index (χ3n) is 4.88. The zero-order valence-electron chi connectivity index (χ0n) is 16.1. The average Bonchev–Trinajstić information content (AvgIpc) is 3.15. The van der Waals surface area contributed by atoms with Gasteiger partial charge in [0.25, 0.3) is 0 Å². The number of thiophene rings is 1. The number of anilines is 2. The van der Waals surface area contributed by atoms with E-state index in [1.165, 1.54) is 40.9 Å². The SMILES string of the molecule is Cc1ccc(-c2csc3ncnc(Nc4cc(C(=O)O)cc(C(=O)O)c4)c23)cc1C. The van der Waals surface area contributed by atoms with Crippen LogP contribution < -0.4 is 5.32 Å². The molecule has 0 atom stereocenters. The first kappa shape index (κ1) is 19.5. The number of hydrogen-bond donors (Lipinski definition) is 3. The molecule has 0 bridgehead atoms. The Morgan fingerprint density at radius 1 is 0.933 bits per heavy atom. The number of carboxylic acids is 2. The normalized spacial score (nSPS) is 10.9. The summed E-state index contributed by atoms with van der Waals surface area (Å²) in [4.78, 5) is 32.3. The van der Waals surface area contributed by atoms with Crippen molar-refractivity contribution in [2.24, 2.45) is 0 Å². The maximum Gasteiger partial charge on any atom is 0.335 e. The highest BCUT2D eigenvalue weighted by Gasteiger charge is 2.16. The smallest absolute Gasteiger partial charge is 0.335 e. The molecule has 30 heavy (non-hydrogen) atoms. The number of aromatic carboxylic acids is 2. The van der Waals surface area contributed by atoms with Gasteiger partial charge in [0.15, 0.2) is 0 Å². The van der Waals surface area contributed by atoms with Crippen molar-refractivity contribution in [1.82, 2.24) is 9.97 Å². The zero-order valence-corrected chi connectivity index (χ0v) is 16.9. The summed E-state index contributed by atoms with van der Waals surface area (Å²) >= 11 is 1.48. The van der Waals surface area contributed by atoms with E-state index in [1.807, 2.05) is 18.4 Å². The van der Waals surface area contributed by atoms with Gasteiger partial charge in [0.1, 0.15) is 17.0 Å². The first-order chi connectivity index (χ1) is 14.3. The van der Waals surface area contributed by atoms with Crippen molar-refractivity contribution in [1.29, 1.82) is 0 Å². The fourth-order valence-electron chi connectivity index (χ4n) is 3.17. The van der Waals surface area contributed by atoms with E-state index in [9.17, 15) is 19.8 Å². The number of aryl methyl sites for hydroxylation is 2. The highest BCUT2D eigenvalue weighted by Crippen LogP contribution is 2.38. The van der Waals surface area contributed by atoms with Gasteiger partial charge in [-0.1, -0.05) is 18.2 Å². The molecular weight excluding hydrogens is 402 g/mol. The van der Waals surface area contributed by atoms with Gasteiger partial charge in [-0.2, -0.15) is 0 Å². The van der Waals surface area contributed by atoms with Crippen LogP contribution in [0.1, 0.15) is 31.8 Å². The highest BCUT2D eigenvalue weighted by molar-refractivity contribution is 7.17. The molecule has 150 valence electrons. The molecule has 0 aliphatic rings. The Bertz CT molecular complexity index is 1280. The van der Waals surface area contributed by atoms with E-state index in [4.69, 9.17) is 0 Å². The van der Waals surface area contributed by atoms with Gasteiger partial charge in [0.05, 0.1) is 16.5 Å². The van der Waals surface area contributed by atoms with Gasteiger partial charge in [-0.05, 0) is 48.7 Å². The lowest BCUT2D eigenvalue weighted by Crippen LogP contribution is -2.05. The van der Waals surface area contributed by atoms with E-state index >= 15 is 0 Å². The van der Waals surface area contributed by atoms with Crippen LogP contribution in [0.2, 0.25) is 0 Å². The predicted molar refractivity (Wildman–Crippen MR) is 116 cm³/mol. The third kappa shape index (κ3) is 3.60. The topological polar surface area (TPSA) is 112 Å². The molecule has 0 unspecified atom stereocenters. The molecular formula is C22H17N3O4S. The molecule has 0 fully saturated rings. The Labute approximate surface area is 175 Å². The van der Waals surface area contributed by atoms with E-state index in [0.29, 0.717) is 11.5 Å². The molecule has 0 aliphatic carbocycles. The quantitative estimate of drug-likeness (QED) is 0.412. The molecule has 0 saturated heterocycles. The maximum absolute atomic E-state index is 11.4. The minimum atomic E-state index is -1.21. The fraction of sp³-hybridized carbons (Fsp3) is 0.0909. The summed E-state index contributed by atoms with van der Waals surface area (Å²) < 4.78 is 0. The molecule has 4 aromatic rings. The van der Waals surface area contributed by atoms with Crippen LogP contribution in [-0.2, 0) is 0 Å². The Hall–Kier alpha value is -3.78. The highest BCUT2D eigenvalue weighted by atomic mass is 32.1. The molecule has 8 heteroatoms. The molecule has 0 saturated carbocycles.